The van der Waals surface area contributed by atoms with E-state index in [2.05, 4.69) is 20.8 Å². The number of amides is 1. The van der Waals surface area contributed by atoms with Crippen LogP contribution in [0.25, 0.3) is 11.0 Å². The quantitative estimate of drug-likeness (QED) is 0.770. The van der Waals surface area contributed by atoms with Crippen LogP contribution >= 0.6 is 15.9 Å². The Morgan fingerprint density at radius 2 is 1.88 bits per heavy atom. The summed E-state index contributed by atoms with van der Waals surface area (Å²) < 4.78 is 6.88. The van der Waals surface area contributed by atoms with E-state index in [1.165, 1.54) is 25.9 Å². The lowest BCUT2D eigenvalue weighted by Crippen LogP contribution is -2.45. The highest BCUT2D eigenvalue weighted by atomic mass is 79.9. The molecular formula is C19H23BrN2O2. The van der Waals surface area contributed by atoms with E-state index in [0.717, 1.165) is 46.9 Å². The third-order valence-corrected chi connectivity index (χ3v) is 5.99. The Bertz CT molecular complexity index is 756. The summed E-state index contributed by atoms with van der Waals surface area (Å²) in [7, 11) is 0. The van der Waals surface area contributed by atoms with Gasteiger partial charge in [-0.1, -0.05) is 15.9 Å². The molecule has 1 amide bonds. The molecule has 4 nitrogen and oxygen atoms in total. The average Bonchev–Trinajstić information content (AvgIpc) is 3.24. The van der Waals surface area contributed by atoms with Gasteiger partial charge in [-0.2, -0.15) is 0 Å². The first-order valence-corrected chi connectivity index (χ1v) is 9.65. The lowest BCUT2D eigenvalue weighted by molar-refractivity contribution is 0.0615. The number of aryl methyl sites for hydroxylation is 1. The molecule has 128 valence electrons. The molecule has 1 aromatic heterocycles. The molecule has 2 saturated heterocycles. The van der Waals surface area contributed by atoms with Gasteiger partial charge in [-0.25, -0.2) is 0 Å². The van der Waals surface area contributed by atoms with Gasteiger partial charge in [0.25, 0.3) is 5.91 Å². The van der Waals surface area contributed by atoms with E-state index in [4.69, 9.17) is 4.42 Å². The fraction of sp³-hybridized carbons (Fsp3) is 0.526. The highest BCUT2D eigenvalue weighted by Gasteiger charge is 2.30. The number of hydrogen-bond donors (Lipinski definition) is 0. The maximum atomic E-state index is 12.9. The molecule has 0 bridgehead atoms. The Labute approximate surface area is 150 Å². The molecule has 3 heterocycles. The van der Waals surface area contributed by atoms with Crippen LogP contribution in [0, 0.1) is 6.92 Å². The maximum Gasteiger partial charge on any atom is 0.289 e. The van der Waals surface area contributed by atoms with Crippen molar-refractivity contribution >= 4 is 32.8 Å². The molecule has 1 aromatic carbocycles. The largest absolute Gasteiger partial charge is 0.451 e. The van der Waals surface area contributed by atoms with Crippen molar-refractivity contribution in [3.63, 3.8) is 0 Å². The number of benzene rings is 1. The van der Waals surface area contributed by atoms with Crippen LogP contribution in [0.5, 0.6) is 0 Å². The highest BCUT2D eigenvalue weighted by molar-refractivity contribution is 9.10. The minimum atomic E-state index is 0.0414. The Morgan fingerprint density at radius 3 is 2.58 bits per heavy atom. The first-order chi connectivity index (χ1) is 11.6. The lowest BCUT2D eigenvalue weighted by Gasteiger charge is -2.36. The van der Waals surface area contributed by atoms with E-state index < -0.39 is 0 Å². The number of rotatable bonds is 2. The van der Waals surface area contributed by atoms with Gasteiger partial charge < -0.3 is 14.2 Å². The lowest BCUT2D eigenvalue weighted by atomic mass is 10.0. The van der Waals surface area contributed by atoms with Crippen molar-refractivity contribution in [3.05, 3.63) is 34.0 Å². The van der Waals surface area contributed by atoms with Crippen molar-refractivity contribution in [2.45, 2.75) is 38.6 Å². The van der Waals surface area contributed by atoms with Gasteiger partial charge in [-0.3, -0.25) is 4.79 Å². The molecule has 2 aliphatic heterocycles. The summed E-state index contributed by atoms with van der Waals surface area (Å²) in [5.41, 5.74) is 1.73. The van der Waals surface area contributed by atoms with Crippen LogP contribution in [0.1, 0.15) is 41.8 Å². The van der Waals surface area contributed by atoms with E-state index in [0.29, 0.717) is 11.8 Å². The van der Waals surface area contributed by atoms with Gasteiger partial charge >= 0.3 is 0 Å². The minimum Gasteiger partial charge on any atom is -0.451 e. The van der Waals surface area contributed by atoms with E-state index in [1.54, 1.807) is 0 Å². The van der Waals surface area contributed by atoms with Crippen molar-refractivity contribution in [2.75, 3.05) is 26.2 Å². The van der Waals surface area contributed by atoms with E-state index in [9.17, 15) is 4.79 Å². The van der Waals surface area contributed by atoms with E-state index in [-0.39, 0.29) is 5.91 Å². The van der Waals surface area contributed by atoms with Crippen LogP contribution in [0.4, 0.5) is 0 Å². The van der Waals surface area contributed by atoms with Gasteiger partial charge in [0.15, 0.2) is 5.76 Å². The standard InChI is InChI=1S/C19H23BrN2O2/c1-13-16-12-14(20)4-5-17(16)24-18(13)19(23)22-10-6-15(7-11-22)21-8-2-3-9-21/h4-5,12,15H,2-3,6-11H2,1H3. The number of halogens is 1. The van der Waals surface area contributed by atoms with Crippen molar-refractivity contribution in [1.82, 2.24) is 9.80 Å². The number of fused-ring (bicyclic) bond motifs is 1. The molecule has 0 atom stereocenters. The Hall–Kier alpha value is -1.33. The predicted molar refractivity (Wildman–Crippen MR) is 98.4 cm³/mol. The summed E-state index contributed by atoms with van der Waals surface area (Å²) >= 11 is 3.49. The van der Waals surface area contributed by atoms with Crippen molar-refractivity contribution in [3.8, 4) is 0 Å². The van der Waals surface area contributed by atoms with E-state index >= 15 is 0 Å². The molecule has 0 radical (unpaired) electrons. The number of piperidine rings is 1. The van der Waals surface area contributed by atoms with Crippen LogP contribution in [-0.4, -0.2) is 47.9 Å². The fourth-order valence-electron chi connectivity index (χ4n) is 4.08. The smallest absolute Gasteiger partial charge is 0.289 e. The summed E-state index contributed by atoms with van der Waals surface area (Å²) in [5, 5.41) is 1.01. The molecule has 0 N–H and O–H groups in total. The van der Waals surface area contributed by atoms with Crippen LogP contribution in [0.15, 0.2) is 27.1 Å². The second-order valence-electron chi connectivity index (χ2n) is 6.96. The second kappa shape index (κ2) is 6.52. The zero-order chi connectivity index (χ0) is 16.7. The minimum absolute atomic E-state index is 0.0414. The Morgan fingerprint density at radius 1 is 1.17 bits per heavy atom. The molecule has 0 aliphatic carbocycles. The average molecular weight is 391 g/mol. The number of nitrogens with zero attached hydrogens (tertiary/aromatic N) is 2. The SMILES string of the molecule is Cc1c(C(=O)N2CCC(N3CCCC3)CC2)oc2ccc(Br)cc12. The van der Waals surface area contributed by atoms with Crippen LogP contribution < -0.4 is 0 Å². The topological polar surface area (TPSA) is 36.7 Å². The fourth-order valence-corrected chi connectivity index (χ4v) is 4.44. The van der Waals surface area contributed by atoms with Crippen LogP contribution in [-0.2, 0) is 0 Å². The molecule has 5 heteroatoms. The molecule has 0 unspecified atom stereocenters. The Kier molecular flexibility index (Phi) is 4.39. The summed E-state index contributed by atoms with van der Waals surface area (Å²) in [6.07, 6.45) is 4.81. The number of furan rings is 1. The third kappa shape index (κ3) is 2.88. The molecule has 24 heavy (non-hydrogen) atoms. The van der Waals surface area contributed by atoms with Crippen LogP contribution in [0.3, 0.4) is 0 Å². The van der Waals surface area contributed by atoms with Gasteiger partial charge in [-0.05, 0) is 63.9 Å². The van der Waals surface area contributed by atoms with Gasteiger partial charge in [-0.15, -0.1) is 0 Å². The van der Waals surface area contributed by atoms with Gasteiger partial charge in [0.2, 0.25) is 0 Å². The Balaban J connectivity index is 1.49. The summed E-state index contributed by atoms with van der Waals surface area (Å²) in [6.45, 7) is 6.11. The molecule has 0 saturated carbocycles. The summed E-state index contributed by atoms with van der Waals surface area (Å²) in [4.78, 5) is 17.5. The van der Waals surface area contributed by atoms with Crippen molar-refractivity contribution in [2.24, 2.45) is 0 Å². The number of hydrogen-bond acceptors (Lipinski definition) is 3. The van der Waals surface area contributed by atoms with Crippen molar-refractivity contribution < 1.29 is 9.21 Å². The second-order valence-corrected chi connectivity index (χ2v) is 7.88. The van der Waals surface area contributed by atoms with Gasteiger partial charge in [0.1, 0.15) is 5.58 Å². The predicted octanol–water partition coefficient (Wildman–Crippen LogP) is 4.20. The van der Waals surface area contributed by atoms with Crippen LogP contribution in [0.2, 0.25) is 0 Å². The van der Waals surface area contributed by atoms with E-state index in [1.807, 2.05) is 30.0 Å². The highest BCUT2D eigenvalue weighted by Crippen LogP contribution is 2.30. The summed E-state index contributed by atoms with van der Waals surface area (Å²) in [6, 6.07) is 6.54. The molecule has 4 rings (SSSR count). The monoisotopic (exact) mass is 390 g/mol. The molecular weight excluding hydrogens is 368 g/mol. The zero-order valence-electron chi connectivity index (χ0n) is 14.1. The molecule has 2 aliphatic rings. The third-order valence-electron chi connectivity index (χ3n) is 5.50. The maximum absolute atomic E-state index is 12.9. The van der Waals surface area contributed by atoms with Gasteiger partial charge in [0, 0.05) is 34.6 Å². The normalized spacial score (nSPS) is 20.2. The summed E-state index contributed by atoms with van der Waals surface area (Å²) in [5.74, 6) is 0.544. The first kappa shape index (κ1) is 16.2. The number of carbonyl (C=O) groups is 1. The zero-order valence-corrected chi connectivity index (χ0v) is 15.6. The number of carbonyl (C=O) groups excluding carboxylic acids is 1. The molecule has 2 fully saturated rings. The van der Waals surface area contributed by atoms with Gasteiger partial charge in [0.05, 0.1) is 0 Å². The number of likely N-dealkylation sites (tertiary alicyclic amines) is 2. The molecule has 0 spiro atoms. The first-order valence-electron chi connectivity index (χ1n) is 8.85. The van der Waals surface area contributed by atoms with Crippen molar-refractivity contribution in [1.29, 1.82) is 0 Å². The molecule has 2 aromatic rings.